The van der Waals surface area contributed by atoms with E-state index in [-0.39, 0.29) is 17.9 Å². The molecule has 0 spiro atoms. The van der Waals surface area contributed by atoms with Crippen LogP contribution in [0.1, 0.15) is 46.8 Å². The Balaban J connectivity index is 1.62. The molecule has 5 heteroatoms. The number of aryl methyl sites for hydroxylation is 2. The summed E-state index contributed by atoms with van der Waals surface area (Å²) in [6.07, 6.45) is 5.96. The van der Waals surface area contributed by atoms with Gasteiger partial charge < -0.3 is 10.0 Å². The number of likely N-dealkylation sites (tertiary alicyclic amines) is 1. The number of aliphatic hydroxyl groups excluding tert-OH is 1. The van der Waals surface area contributed by atoms with Crippen molar-refractivity contribution >= 4 is 17.4 Å². The number of nitrogens with zero attached hydrogens (tertiary/aromatic N) is 2. The molecule has 160 valence electrons. The number of rotatable bonds is 4. The number of hydrogen-bond donors (Lipinski definition) is 1. The summed E-state index contributed by atoms with van der Waals surface area (Å²) in [5, 5.41) is 11.3. The minimum atomic E-state index is -0.672. The molecule has 1 unspecified atom stereocenters. The van der Waals surface area contributed by atoms with Crippen molar-refractivity contribution in [1.29, 1.82) is 0 Å². The predicted octanol–water partition coefficient (Wildman–Crippen LogP) is 4.58. The maximum absolute atomic E-state index is 13.2. The fourth-order valence-electron chi connectivity index (χ4n) is 4.73. The molecule has 5 nitrogen and oxygen atoms in total. The van der Waals surface area contributed by atoms with Crippen LogP contribution in [0.3, 0.4) is 0 Å². The number of aliphatic hydroxyl groups is 1. The third kappa shape index (κ3) is 3.60. The van der Waals surface area contributed by atoms with Crippen molar-refractivity contribution < 1.29 is 14.7 Å². The van der Waals surface area contributed by atoms with E-state index in [2.05, 4.69) is 4.98 Å². The number of ketones is 1. The first-order valence-electron chi connectivity index (χ1n) is 11.0. The van der Waals surface area contributed by atoms with E-state index in [1.807, 2.05) is 66.7 Å². The predicted molar refractivity (Wildman–Crippen MR) is 122 cm³/mol. The summed E-state index contributed by atoms with van der Waals surface area (Å²) in [5.74, 6) is -1.40. The highest BCUT2D eigenvalue weighted by Crippen LogP contribution is 2.40. The number of aromatic nitrogens is 1. The maximum atomic E-state index is 13.2. The zero-order valence-corrected chi connectivity index (χ0v) is 17.7. The van der Waals surface area contributed by atoms with Crippen LogP contribution in [0.2, 0.25) is 0 Å². The first kappa shape index (κ1) is 20.2. The molecule has 0 saturated carbocycles. The second-order valence-corrected chi connectivity index (χ2v) is 8.35. The molecule has 1 aliphatic carbocycles. The molecule has 1 atom stereocenters. The van der Waals surface area contributed by atoms with Gasteiger partial charge in [0.15, 0.2) is 0 Å². The molecule has 1 N–H and O–H groups in total. The normalized spacial score (nSPS) is 19.8. The van der Waals surface area contributed by atoms with E-state index in [0.717, 1.165) is 24.8 Å². The highest BCUT2D eigenvalue weighted by molar-refractivity contribution is 6.46. The van der Waals surface area contributed by atoms with Crippen LogP contribution in [0.5, 0.6) is 0 Å². The van der Waals surface area contributed by atoms with Gasteiger partial charge in [0.25, 0.3) is 11.7 Å². The Morgan fingerprint density at radius 1 is 0.938 bits per heavy atom. The van der Waals surface area contributed by atoms with Gasteiger partial charge in [-0.2, -0.15) is 0 Å². The summed E-state index contributed by atoms with van der Waals surface area (Å²) in [5.41, 5.74) is 4.68. The molecule has 2 heterocycles. The smallest absolute Gasteiger partial charge is 0.296 e. The lowest BCUT2D eigenvalue weighted by Crippen LogP contribution is -2.29. The molecule has 0 radical (unpaired) electrons. The van der Waals surface area contributed by atoms with Crippen LogP contribution in [0.15, 0.2) is 78.5 Å². The lowest BCUT2D eigenvalue weighted by Gasteiger charge is -2.25. The number of benzene rings is 2. The standard InChI is InChI=1S/C27H24N2O3/c30-25(21-14-13-18-8-4-5-11-20(18)16-21)23-24(19-9-2-1-3-10-19)29(27(32)26(23)31)17-22-12-6-7-15-28-22/h1-3,6-7,9-10,12-16,24,30H,4-5,8,11,17H2/b25-23-. The van der Waals surface area contributed by atoms with Crippen LogP contribution in [-0.2, 0) is 29.0 Å². The minimum Gasteiger partial charge on any atom is -0.507 e. The number of hydrogen-bond acceptors (Lipinski definition) is 4. The first-order chi connectivity index (χ1) is 15.6. The first-order valence-corrected chi connectivity index (χ1v) is 11.0. The summed E-state index contributed by atoms with van der Waals surface area (Å²) < 4.78 is 0. The van der Waals surface area contributed by atoms with Gasteiger partial charge in [-0.15, -0.1) is 0 Å². The van der Waals surface area contributed by atoms with Gasteiger partial charge in [0.1, 0.15) is 5.76 Å². The average Bonchev–Trinajstić information content (AvgIpc) is 3.09. The Kier molecular flexibility index (Phi) is 5.31. The number of pyridine rings is 1. The van der Waals surface area contributed by atoms with Gasteiger partial charge in [-0.1, -0.05) is 48.5 Å². The van der Waals surface area contributed by atoms with Crippen LogP contribution in [0.25, 0.3) is 5.76 Å². The summed E-state index contributed by atoms with van der Waals surface area (Å²) >= 11 is 0. The van der Waals surface area contributed by atoms with Crippen molar-refractivity contribution in [2.45, 2.75) is 38.3 Å². The van der Waals surface area contributed by atoms with Crippen LogP contribution >= 0.6 is 0 Å². The van der Waals surface area contributed by atoms with Crippen LogP contribution in [0, 0.1) is 0 Å². The van der Waals surface area contributed by atoms with E-state index in [9.17, 15) is 14.7 Å². The fourth-order valence-corrected chi connectivity index (χ4v) is 4.73. The van der Waals surface area contributed by atoms with Gasteiger partial charge in [0.2, 0.25) is 0 Å². The van der Waals surface area contributed by atoms with Crippen molar-refractivity contribution in [3.8, 4) is 0 Å². The Morgan fingerprint density at radius 3 is 2.44 bits per heavy atom. The largest absolute Gasteiger partial charge is 0.507 e. The van der Waals surface area contributed by atoms with Crippen molar-refractivity contribution in [2.75, 3.05) is 0 Å². The summed E-state index contributed by atoms with van der Waals surface area (Å²) in [6, 6.07) is 20.1. The maximum Gasteiger partial charge on any atom is 0.296 e. The Morgan fingerprint density at radius 2 is 1.69 bits per heavy atom. The fraction of sp³-hybridized carbons (Fsp3) is 0.222. The third-order valence-corrected chi connectivity index (χ3v) is 6.34. The average molecular weight is 425 g/mol. The van der Waals surface area contributed by atoms with Gasteiger partial charge >= 0.3 is 0 Å². The molecule has 1 aromatic heterocycles. The Bertz CT molecular complexity index is 1200. The molecule has 0 bridgehead atoms. The van der Waals surface area contributed by atoms with Gasteiger partial charge in [0.05, 0.1) is 23.9 Å². The molecule has 5 rings (SSSR count). The van der Waals surface area contributed by atoms with Crippen molar-refractivity contribution in [3.63, 3.8) is 0 Å². The van der Waals surface area contributed by atoms with Gasteiger partial charge in [0, 0.05) is 11.8 Å². The van der Waals surface area contributed by atoms with Crippen LogP contribution in [-0.4, -0.2) is 26.7 Å². The zero-order chi connectivity index (χ0) is 22.1. The van der Waals surface area contributed by atoms with Crippen LogP contribution < -0.4 is 0 Å². The second-order valence-electron chi connectivity index (χ2n) is 8.35. The Hall–Kier alpha value is -3.73. The van der Waals surface area contributed by atoms with Crippen molar-refractivity contribution in [3.05, 3.63) is 106 Å². The van der Waals surface area contributed by atoms with Crippen molar-refractivity contribution in [2.24, 2.45) is 0 Å². The highest BCUT2D eigenvalue weighted by atomic mass is 16.3. The molecular formula is C27H24N2O3. The molecule has 1 amide bonds. The Labute approximate surface area is 187 Å². The number of carbonyl (C=O) groups is 2. The summed E-state index contributed by atoms with van der Waals surface area (Å²) in [4.78, 5) is 32.1. The monoisotopic (exact) mass is 424 g/mol. The van der Waals surface area contributed by atoms with E-state index in [0.29, 0.717) is 11.3 Å². The van der Waals surface area contributed by atoms with E-state index < -0.39 is 17.7 Å². The minimum absolute atomic E-state index is 0.117. The zero-order valence-electron chi connectivity index (χ0n) is 17.7. The quantitative estimate of drug-likeness (QED) is 0.378. The van der Waals surface area contributed by atoms with E-state index in [1.54, 1.807) is 6.20 Å². The third-order valence-electron chi connectivity index (χ3n) is 6.34. The second kappa shape index (κ2) is 8.42. The lowest BCUT2D eigenvalue weighted by molar-refractivity contribution is -0.140. The summed E-state index contributed by atoms with van der Waals surface area (Å²) in [7, 11) is 0. The molecule has 1 fully saturated rings. The molecule has 2 aromatic carbocycles. The van der Waals surface area contributed by atoms with E-state index >= 15 is 0 Å². The van der Waals surface area contributed by atoms with Gasteiger partial charge in [-0.25, -0.2) is 0 Å². The molecule has 2 aliphatic rings. The molecule has 1 saturated heterocycles. The van der Waals surface area contributed by atoms with Gasteiger partial charge in [-0.3, -0.25) is 14.6 Å². The molecular weight excluding hydrogens is 400 g/mol. The summed E-state index contributed by atoms with van der Waals surface area (Å²) in [6.45, 7) is 0.186. The number of carbonyl (C=O) groups excluding carboxylic acids is 2. The lowest BCUT2D eigenvalue weighted by atomic mass is 9.88. The molecule has 32 heavy (non-hydrogen) atoms. The number of Topliss-reactive ketones (excluding diaryl/α,β-unsaturated/α-hetero) is 1. The topological polar surface area (TPSA) is 70.5 Å². The SMILES string of the molecule is O=C1C(=O)N(Cc2ccccn2)C(c2ccccc2)/C1=C(/O)c1ccc2c(c1)CCCC2. The highest BCUT2D eigenvalue weighted by Gasteiger charge is 2.46. The van der Waals surface area contributed by atoms with E-state index in [4.69, 9.17) is 0 Å². The number of fused-ring (bicyclic) bond motifs is 1. The molecule has 1 aliphatic heterocycles. The molecule has 3 aromatic rings. The van der Waals surface area contributed by atoms with E-state index in [1.165, 1.54) is 22.4 Å². The van der Waals surface area contributed by atoms with Crippen molar-refractivity contribution in [1.82, 2.24) is 9.88 Å². The van der Waals surface area contributed by atoms with Gasteiger partial charge in [-0.05, 0) is 60.6 Å². The van der Waals surface area contributed by atoms with Crippen LogP contribution in [0.4, 0.5) is 0 Å². The number of amides is 1.